The number of methoxy groups -OCH3 is 1. The quantitative estimate of drug-likeness (QED) is 0.810. The summed E-state index contributed by atoms with van der Waals surface area (Å²) < 4.78 is 5.33. The first-order valence-electron chi connectivity index (χ1n) is 9.10. The maximum Gasteiger partial charge on any atom is 0.178 e. The highest BCUT2D eigenvalue weighted by atomic mass is 32.1. The second kappa shape index (κ2) is 6.89. The number of fused-ring (bicyclic) bond motifs is 3. The van der Waals surface area contributed by atoms with Crippen LogP contribution in [0.5, 0.6) is 5.75 Å². The molecule has 0 saturated carbocycles. The first-order valence-corrected chi connectivity index (χ1v) is 9.51. The Morgan fingerprint density at radius 3 is 2.88 bits per heavy atom. The van der Waals surface area contributed by atoms with Crippen LogP contribution in [0.4, 0.5) is 11.4 Å². The Morgan fingerprint density at radius 2 is 2.08 bits per heavy atom. The van der Waals surface area contributed by atoms with Crippen molar-refractivity contribution in [3.8, 4) is 5.75 Å². The number of thiocarbonyl (C=S) groups is 1. The van der Waals surface area contributed by atoms with Crippen LogP contribution in [-0.4, -0.2) is 43.3 Å². The number of ether oxygens (including phenoxy) is 1. The maximum absolute atomic E-state index is 5.84. The number of anilines is 2. The van der Waals surface area contributed by atoms with Gasteiger partial charge < -0.3 is 19.9 Å². The van der Waals surface area contributed by atoms with Crippen LogP contribution >= 0.6 is 12.2 Å². The Morgan fingerprint density at radius 1 is 1.23 bits per heavy atom. The standard InChI is InChI=1S/C21H25N3OS/c1-14-7-8-19-17(11-14)18-13-23(2)10-9-20(18)24(19)21(26)22-15-5-4-6-16(12-15)25-3/h4-8,11-12,18,20H,9-10,13H2,1-3H3,(H,22,26). The van der Waals surface area contributed by atoms with Crippen LogP contribution < -0.4 is 15.0 Å². The van der Waals surface area contributed by atoms with Gasteiger partial charge >= 0.3 is 0 Å². The largest absolute Gasteiger partial charge is 0.497 e. The fraction of sp³-hybridized carbons (Fsp3) is 0.381. The Kier molecular flexibility index (Phi) is 4.59. The SMILES string of the molecule is COc1cccc(NC(=S)N2c3ccc(C)cc3C3CN(C)CCC32)c1. The minimum absolute atomic E-state index is 0.425. The molecule has 2 heterocycles. The molecule has 2 aliphatic rings. The Labute approximate surface area is 160 Å². The van der Waals surface area contributed by atoms with E-state index in [1.165, 1.54) is 16.8 Å². The summed E-state index contributed by atoms with van der Waals surface area (Å²) in [5, 5.41) is 4.19. The van der Waals surface area contributed by atoms with Gasteiger partial charge in [0, 0.05) is 35.9 Å². The smallest absolute Gasteiger partial charge is 0.178 e. The highest BCUT2D eigenvalue weighted by molar-refractivity contribution is 7.80. The van der Waals surface area contributed by atoms with Gasteiger partial charge in [0.25, 0.3) is 0 Å². The molecule has 0 radical (unpaired) electrons. The van der Waals surface area contributed by atoms with Crippen LogP contribution in [0.25, 0.3) is 0 Å². The maximum atomic E-state index is 5.84. The number of piperidine rings is 1. The summed E-state index contributed by atoms with van der Waals surface area (Å²) in [6, 6.07) is 15.1. The minimum Gasteiger partial charge on any atom is -0.497 e. The summed E-state index contributed by atoms with van der Waals surface area (Å²) in [5.41, 5.74) is 4.95. The van der Waals surface area contributed by atoms with Crippen LogP contribution in [0.15, 0.2) is 42.5 Å². The highest BCUT2D eigenvalue weighted by Crippen LogP contribution is 2.45. The predicted octanol–water partition coefficient (Wildman–Crippen LogP) is 4.01. The van der Waals surface area contributed by atoms with Crippen molar-refractivity contribution in [1.29, 1.82) is 0 Å². The number of likely N-dealkylation sites (tertiary alicyclic amines) is 1. The molecule has 2 aliphatic heterocycles. The van der Waals surface area contributed by atoms with Gasteiger partial charge in [-0.05, 0) is 62.9 Å². The molecule has 0 aromatic heterocycles. The molecule has 26 heavy (non-hydrogen) atoms. The molecule has 2 aromatic rings. The topological polar surface area (TPSA) is 27.7 Å². The molecule has 5 heteroatoms. The van der Waals surface area contributed by atoms with Crippen LogP contribution in [-0.2, 0) is 0 Å². The van der Waals surface area contributed by atoms with Crippen molar-refractivity contribution in [2.45, 2.75) is 25.3 Å². The number of likely N-dealkylation sites (N-methyl/N-ethyl adjacent to an activating group) is 1. The Hall–Kier alpha value is -2.11. The van der Waals surface area contributed by atoms with Crippen LogP contribution in [0, 0.1) is 6.92 Å². The predicted molar refractivity (Wildman–Crippen MR) is 112 cm³/mol. The number of nitrogens with one attached hydrogen (secondary N) is 1. The average molecular weight is 368 g/mol. The third-order valence-electron chi connectivity index (χ3n) is 5.49. The molecular formula is C21H25N3OS. The van der Waals surface area contributed by atoms with E-state index < -0.39 is 0 Å². The average Bonchev–Trinajstić information content (AvgIpc) is 2.95. The third-order valence-corrected chi connectivity index (χ3v) is 5.79. The molecule has 0 aliphatic carbocycles. The molecule has 1 fully saturated rings. The van der Waals surface area contributed by atoms with E-state index >= 15 is 0 Å². The lowest BCUT2D eigenvalue weighted by molar-refractivity contribution is 0.237. The van der Waals surface area contributed by atoms with Gasteiger partial charge in [0.15, 0.2) is 5.11 Å². The summed E-state index contributed by atoms with van der Waals surface area (Å²) in [4.78, 5) is 4.76. The number of benzene rings is 2. The molecule has 4 rings (SSSR count). The van der Waals surface area contributed by atoms with E-state index in [0.717, 1.165) is 36.1 Å². The van der Waals surface area contributed by atoms with Crippen molar-refractivity contribution in [3.63, 3.8) is 0 Å². The Bertz CT molecular complexity index is 838. The fourth-order valence-corrected chi connectivity index (χ4v) is 4.58. The zero-order valence-electron chi connectivity index (χ0n) is 15.5. The van der Waals surface area contributed by atoms with Crippen molar-refractivity contribution in [2.75, 3.05) is 37.5 Å². The Balaban J connectivity index is 1.65. The van der Waals surface area contributed by atoms with Gasteiger partial charge in [-0.1, -0.05) is 23.8 Å². The molecule has 0 spiro atoms. The van der Waals surface area contributed by atoms with E-state index in [-0.39, 0.29) is 0 Å². The summed E-state index contributed by atoms with van der Waals surface area (Å²) >= 11 is 5.84. The first kappa shape index (κ1) is 17.3. The van der Waals surface area contributed by atoms with Gasteiger partial charge in [-0.25, -0.2) is 0 Å². The van der Waals surface area contributed by atoms with Crippen LogP contribution in [0.1, 0.15) is 23.5 Å². The van der Waals surface area contributed by atoms with Gasteiger partial charge in [-0.3, -0.25) is 0 Å². The van der Waals surface area contributed by atoms with Crippen molar-refractivity contribution in [3.05, 3.63) is 53.6 Å². The fourth-order valence-electron chi connectivity index (χ4n) is 4.23. The van der Waals surface area contributed by atoms with Crippen molar-refractivity contribution in [1.82, 2.24) is 4.90 Å². The van der Waals surface area contributed by atoms with Crippen LogP contribution in [0.3, 0.4) is 0 Å². The van der Waals surface area contributed by atoms with Gasteiger partial charge in [-0.15, -0.1) is 0 Å². The van der Waals surface area contributed by atoms with Crippen molar-refractivity contribution < 1.29 is 4.74 Å². The molecule has 0 amide bonds. The van der Waals surface area contributed by atoms with E-state index in [0.29, 0.717) is 12.0 Å². The highest BCUT2D eigenvalue weighted by Gasteiger charge is 2.42. The van der Waals surface area contributed by atoms with E-state index in [2.05, 4.69) is 47.3 Å². The van der Waals surface area contributed by atoms with E-state index in [9.17, 15) is 0 Å². The van der Waals surface area contributed by atoms with E-state index in [1.54, 1.807) is 7.11 Å². The molecule has 0 bridgehead atoms. The van der Waals surface area contributed by atoms with E-state index in [4.69, 9.17) is 17.0 Å². The minimum atomic E-state index is 0.425. The molecule has 1 N–H and O–H groups in total. The normalized spacial score (nSPS) is 21.9. The number of nitrogens with zero attached hydrogens (tertiary/aromatic N) is 2. The first-order chi connectivity index (χ1) is 12.6. The molecule has 2 atom stereocenters. The van der Waals surface area contributed by atoms with Crippen LogP contribution in [0.2, 0.25) is 0 Å². The number of hydrogen-bond donors (Lipinski definition) is 1. The second-order valence-corrected chi connectivity index (χ2v) is 7.71. The lowest BCUT2D eigenvalue weighted by Crippen LogP contribution is -2.48. The molecule has 2 aromatic carbocycles. The molecule has 4 nitrogen and oxygen atoms in total. The van der Waals surface area contributed by atoms with E-state index in [1.807, 2.05) is 24.3 Å². The zero-order chi connectivity index (χ0) is 18.3. The van der Waals surface area contributed by atoms with Gasteiger partial charge in [-0.2, -0.15) is 0 Å². The van der Waals surface area contributed by atoms with Crippen molar-refractivity contribution in [2.24, 2.45) is 0 Å². The summed E-state index contributed by atoms with van der Waals surface area (Å²) in [7, 11) is 3.89. The zero-order valence-corrected chi connectivity index (χ0v) is 16.3. The van der Waals surface area contributed by atoms with Gasteiger partial charge in [0.1, 0.15) is 5.75 Å². The molecule has 136 valence electrons. The lowest BCUT2D eigenvalue weighted by atomic mass is 9.89. The van der Waals surface area contributed by atoms with Gasteiger partial charge in [0.05, 0.1) is 7.11 Å². The van der Waals surface area contributed by atoms with Gasteiger partial charge in [0.2, 0.25) is 0 Å². The summed E-state index contributed by atoms with van der Waals surface area (Å²) in [5.74, 6) is 1.33. The number of aryl methyl sites for hydroxylation is 1. The summed E-state index contributed by atoms with van der Waals surface area (Å²) in [6.45, 7) is 4.35. The molecule has 1 saturated heterocycles. The number of hydrogen-bond acceptors (Lipinski definition) is 3. The second-order valence-electron chi connectivity index (χ2n) is 7.32. The monoisotopic (exact) mass is 367 g/mol. The lowest BCUT2D eigenvalue weighted by Gasteiger charge is -2.37. The van der Waals surface area contributed by atoms with Crippen molar-refractivity contribution >= 4 is 28.7 Å². The third kappa shape index (κ3) is 3.06. The molecular weight excluding hydrogens is 342 g/mol. The summed E-state index contributed by atoms with van der Waals surface area (Å²) in [6.07, 6.45) is 1.12. The molecule has 2 unspecified atom stereocenters. The number of rotatable bonds is 2.